The third-order valence-electron chi connectivity index (χ3n) is 5.03. The highest BCUT2D eigenvalue weighted by Gasteiger charge is 2.21. The average Bonchev–Trinajstić information content (AvgIpc) is 3.15. The van der Waals surface area contributed by atoms with E-state index < -0.39 is 0 Å². The van der Waals surface area contributed by atoms with Gasteiger partial charge in [0.05, 0.1) is 17.6 Å². The van der Waals surface area contributed by atoms with Crippen LogP contribution in [-0.2, 0) is 11.3 Å². The predicted molar refractivity (Wildman–Crippen MR) is 101 cm³/mol. The molecular formula is C19H28N4O3. The fraction of sp³-hybridized carbons (Fsp3) is 0.632. The molecule has 0 amide bonds. The zero-order valence-corrected chi connectivity index (χ0v) is 15.4. The number of nitro benzene ring substituents is 1. The second-order valence-corrected chi connectivity index (χ2v) is 7.27. The summed E-state index contributed by atoms with van der Waals surface area (Å²) in [5, 5.41) is 14.3. The quantitative estimate of drug-likeness (QED) is 0.378. The van der Waals surface area contributed by atoms with Crippen molar-refractivity contribution >= 4 is 11.6 Å². The number of nitrogens with one attached hydrogen (secondary N) is 1. The topological polar surface area (TPSA) is 80.0 Å². The van der Waals surface area contributed by atoms with Crippen LogP contribution in [0.15, 0.2) is 29.3 Å². The second-order valence-electron chi connectivity index (χ2n) is 7.27. The highest BCUT2D eigenvalue weighted by atomic mass is 16.6. The van der Waals surface area contributed by atoms with Crippen molar-refractivity contribution in [2.45, 2.75) is 45.3 Å². The molecule has 2 heterocycles. The monoisotopic (exact) mass is 360 g/mol. The Labute approximate surface area is 154 Å². The number of benzene rings is 1. The van der Waals surface area contributed by atoms with E-state index in [0.29, 0.717) is 12.5 Å². The highest BCUT2D eigenvalue weighted by molar-refractivity contribution is 5.80. The van der Waals surface area contributed by atoms with E-state index in [9.17, 15) is 10.1 Å². The number of piperidine rings is 1. The van der Waals surface area contributed by atoms with Crippen LogP contribution in [0.1, 0.15) is 38.2 Å². The predicted octanol–water partition coefficient (Wildman–Crippen LogP) is 2.95. The maximum absolute atomic E-state index is 10.8. The highest BCUT2D eigenvalue weighted by Crippen LogP contribution is 2.17. The Morgan fingerprint density at radius 1 is 1.35 bits per heavy atom. The van der Waals surface area contributed by atoms with Crippen LogP contribution in [0.3, 0.4) is 0 Å². The third kappa shape index (κ3) is 5.17. The van der Waals surface area contributed by atoms with Crippen LogP contribution in [0.4, 0.5) is 5.69 Å². The number of non-ortho nitro benzene ring substituents is 1. The molecule has 2 atom stereocenters. The minimum atomic E-state index is -0.378. The number of hydrogen-bond donors (Lipinski definition) is 1. The maximum atomic E-state index is 10.8. The van der Waals surface area contributed by atoms with Crippen LogP contribution in [0.25, 0.3) is 0 Å². The molecule has 7 heteroatoms. The zero-order chi connectivity index (χ0) is 18.4. The summed E-state index contributed by atoms with van der Waals surface area (Å²) in [6.07, 6.45) is 4.93. The van der Waals surface area contributed by atoms with Crippen LogP contribution in [-0.4, -0.2) is 48.1 Å². The summed E-state index contributed by atoms with van der Waals surface area (Å²) < 4.78 is 5.71. The third-order valence-corrected chi connectivity index (χ3v) is 5.03. The molecule has 1 aromatic rings. The van der Waals surface area contributed by atoms with Crippen LogP contribution in [0.5, 0.6) is 0 Å². The lowest BCUT2D eigenvalue weighted by Crippen LogP contribution is -2.48. The Kier molecular flexibility index (Phi) is 6.44. The molecule has 2 fully saturated rings. The van der Waals surface area contributed by atoms with Crippen molar-refractivity contribution in [3.63, 3.8) is 0 Å². The molecule has 2 aliphatic rings. The SMILES string of the molecule is CC1CCCN(C(=NCc2ccc([N+](=O)[O-])cc2)NCC2CCCO2)C1. The van der Waals surface area contributed by atoms with Crippen LogP contribution in [0.2, 0.25) is 0 Å². The largest absolute Gasteiger partial charge is 0.376 e. The lowest BCUT2D eigenvalue weighted by atomic mass is 10.0. The fourth-order valence-electron chi connectivity index (χ4n) is 3.55. The van der Waals surface area contributed by atoms with Crippen molar-refractivity contribution in [2.75, 3.05) is 26.2 Å². The Balaban J connectivity index is 1.66. The van der Waals surface area contributed by atoms with Gasteiger partial charge in [-0.25, -0.2) is 4.99 Å². The maximum Gasteiger partial charge on any atom is 0.269 e. The lowest BCUT2D eigenvalue weighted by Gasteiger charge is -2.34. The molecule has 0 radical (unpaired) electrons. The number of nitro groups is 1. The summed E-state index contributed by atoms with van der Waals surface area (Å²) >= 11 is 0. The minimum absolute atomic E-state index is 0.110. The molecule has 0 saturated carbocycles. The lowest BCUT2D eigenvalue weighted by molar-refractivity contribution is -0.384. The van der Waals surface area contributed by atoms with Gasteiger partial charge in [0, 0.05) is 38.4 Å². The van der Waals surface area contributed by atoms with Gasteiger partial charge < -0.3 is 15.0 Å². The van der Waals surface area contributed by atoms with Gasteiger partial charge in [-0.2, -0.15) is 0 Å². The van der Waals surface area contributed by atoms with Crippen molar-refractivity contribution in [3.05, 3.63) is 39.9 Å². The molecule has 0 aliphatic carbocycles. The van der Waals surface area contributed by atoms with E-state index in [2.05, 4.69) is 17.1 Å². The molecule has 0 spiro atoms. The van der Waals surface area contributed by atoms with Gasteiger partial charge in [-0.15, -0.1) is 0 Å². The van der Waals surface area contributed by atoms with E-state index in [1.54, 1.807) is 12.1 Å². The summed E-state index contributed by atoms with van der Waals surface area (Å²) in [5.74, 6) is 1.59. The van der Waals surface area contributed by atoms with E-state index in [4.69, 9.17) is 9.73 Å². The number of ether oxygens (including phenoxy) is 1. The molecule has 3 rings (SSSR count). The molecule has 0 bridgehead atoms. The first kappa shape index (κ1) is 18.6. The summed E-state index contributed by atoms with van der Waals surface area (Å²) in [4.78, 5) is 17.5. The van der Waals surface area contributed by atoms with Crippen molar-refractivity contribution in [3.8, 4) is 0 Å². The molecule has 7 nitrogen and oxygen atoms in total. The second kappa shape index (κ2) is 8.98. The molecule has 142 valence electrons. The average molecular weight is 360 g/mol. The van der Waals surface area contributed by atoms with Crippen molar-refractivity contribution in [1.29, 1.82) is 0 Å². The van der Waals surface area contributed by atoms with Crippen LogP contribution < -0.4 is 5.32 Å². The van der Waals surface area contributed by atoms with E-state index in [-0.39, 0.29) is 16.7 Å². The Hall–Kier alpha value is -2.15. The fourth-order valence-corrected chi connectivity index (χ4v) is 3.55. The van der Waals surface area contributed by atoms with Crippen molar-refractivity contribution < 1.29 is 9.66 Å². The number of likely N-dealkylation sites (tertiary alicyclic amines) is 1. The molecule has 1 N–H and O–H groups in total. The van der Waals surface area contributed by atoms with Crippen LogP contribution >= 0.6 is 0 Å². The normalized spacial score (nSPS) is 23.9. The van der Waals surface area contributed by atoms with Gasteiger partial charge in [0.15, 0.2) is 5.96 Å². The summed E-state index contributed by atoms with van der Waals surface area (Å²) in [6, 6.07) is 6.62. The number of guanidine groups is 1. The molecule has 1 aromatic carbocycles. The molecule has 2 aliphatic heterocycles. The first-order valence-electron chi connectivity index (χ1n) is 9.50. The van der Waals surface area contributed by atoms with E-state index in [0.717, 1.165) is 50.6 Å². The summed E-state index contributed by atoms with van der Waals surface area (Å²) in [7, 11) is 0. The van der Waals surface area contributed by atoms with Crippen molar-refractivity contribution in [2.24, 2.45) is 10.9 Å². The first-order chi connectivity index (χ1) is 12.6. The Morgan fingerprint density at radius 2 is 2.15 bits per heavy atom. The van der Waals surface area contributed by atoms with Crippen molar-refractivity contribution in [1.82, 2.24) is 10.2 Å². The number of aliphatic imine (C=N–C) groups is 1. The molecule has 2 saturated heterocycles. The van der Waals surface area contributed by atoms with Gasteiger partial charge in [0.1, 0.15) is 0 Å². The van der Waals surface area contributed by atoms with E-state index >= 15 is 0 Å². The molecule has 0 aromatic heterocycles. The molecular weight excluding hydrogens is 332 g/mol. The van der Waals surface area contributed by atoms with Crippen LogP contribution in [0, 0.1) is 16.0 Å². The zero-order valence-electron chi connectivity index (χ0n) is 15.4. The first-order valence-corrected chi connectivity index (χ1v) is 9.50. The van der Waals surface area contributed by atoms with E-state index in [1.807, 2.05) is 0 Å². The smallest absolute Gasteiger partial charge is 0.269 e. The Morgan fingerprint density at radius 3 is 2.81 bits per heavy atom. The van der Waals surface area contributed by atoms with Gasteiger partial charge in [-0.05, 0) is 37.2 Å². The Bertz CT molecular complexity index is 626. The van der Waals surface area contributed by atoms with Gasteiger partial charge in [0.2, 0.25) is 0 Å². The summed E-state index contributed by atoms with van der Waals surface area (Å²) in [6.45, 7) is 6.45. The van der Waals surface area contributed by atoms with Gasteiger partial charge >= 0.3 is 0 Å². The molecule has 26 heavy (non-hydrogen) atoms. The standard InChI is InChI=1S/C19H28N4O3/c1-15-4-2-10-22(14-15)19(21-13-18-5-3-11-26-18)20-12-16-6-8-17(9-7-16)23(24)25/h6-9,15,18H,2-5,10-14H2,1H3,(H,20,21). The number of nitrogens with zero attached hydrogens (tertiary/aromatic N) is 3. The molecule has 2 unspecified atom stereocenters. The van der Waals surface area contributed by atoms with Gasteiger partial charge in [0.25, 0.3) is 5.69 Å². The number of rotatable bonds is 5. The number of hydrogen-bond acceptors (Lipinski definition) is 4. The minimum Gasteiger partial charge on any atom is -0.376 e. The summed E-state index contributed by atoms with van der Waals surface area (Å²) in [5.41, 5.74) is 1.08. The van der Waals surface area contributed by atoms with Gasteiger partial charge in [-0.3, -0.25) is 10.1 Å². The van der Waals surface area contributed by atoms with E-state index in [1.165, 1.54) is 25.0 Å². The van der Waals surface area contributed by atoms with Gasteiger partial charge in [-0.1, -0.05) is 19.1 Å².